The number of hydrogen-bond donors (Lipinski definition) is 4. The molecule has 26 heavy (non-hydrogen) atoms. The van der Waals surface area contributed by atoms with Crippen molar-refractivity contribution >= 4 is 67.5 Å². The molecule has 13 heteroatoms. The van der Waals surface area contributed by atoms with E-state index in [9.17, 15) is 4.79 Å². The molecule has 0 aliphatic heterocycles. The first-order valence-corrected chi connectivity index (χ1v) is 9.84. The van der Waals surface area contributed by atoms with Crippen molar-refractivity contribution in [2.75, 3.05) is 5.32 Å². The van der Waals surface area contributed by atoms with Crippen LogP contribution in [0.2, 0.25) is 0 Å². The molecule has 0 radical (unpaired) electrons. The molecule has 4 N–H and O–H groups in total. The van der Waals surface area contributed by atoms with Gasteiger partial charge in [-0.25, -0.2) is 4.57 Å². The molecule has 0 aromatic heterocycles. The molecule has 0 unspecified atom stereocenters. The van der Waals surface area contributed by atoms with Gasteiger partial charge in [0.1, 0.15) is 0 Å². The third-order valence-corrected chi connectivity index (χ3v) is 4.71. The summed E-state index contributed by atoms with van der Waals surface area (Å²) < 4.78 is 15.4. The molecular formula is C13H11Br3NO6PZn2. The molecule has 2 aromatic carbocycles. The minimum Gasteiger partial charge on any atom is -0.416 e. The second-order valence-corrected chi connectivity index (χ2v) is 7.15. The Morgan fingerprint density at radius 1 is 1.00 bits per heavy atom. The predicted octanol–water partition coefficient (Wildman–Crippen LogP) is 4.22. The van der Waals surface area contributed by atoms with Gasteiger partial charge in [0.25, 0.3) is 5.91 Å². The van der Waals surface area contributed by atoms with Gasteiger partial charge in [-0.1, -0.05) is 18.2 Å². The van der Waals surface area contributed by atoms with Gasteiger partial charge in [-0.15, -0.1) is 0 Å². The van der Waals surface area contributed by atoms with Crippen LogP contribution in [-0.4, -0.2) is 20.6 Å². The number of anilines is 1. The van der Waals surface area contributed by atoms with Crippen molar-refractivity contribution in [1.29, 1.82) is 0 Å². The smallest absolute Gasteiger partial charge is 0.416 e. The van der Waals surface area contributed by atoms with Gasteiger partial charge in [-0.3, -0.25) is 4.79 Å². The first-order chi connectivity index (χ1) is 11.1. The number of phosphoric acid groups is 1. The number of nitrogens with one attached hydrogen (secondary N) is 1. The first-order valence-electron chi connectivity index (χ1n) is 6.04. The maximum absolute atomic E-state index is 12.2. The average Bonchev–Trinajstić information content (AvgIpc) is 2.49. The van der Waals surface area contributed by atoms with E-state index in [-0.39, 0.29) is 44.9 Å². The van der Waals surface area contributed by atoms with Crippen LogP contribution >= 0.6 is 55.9 Å². The number of hydrogen-bond acceptors (Lipinski definition) is 3. The zero-order chi connectivity index (χ0) is 18.3. The van der Waals surface area contributed by atoms with Crippen LogP contribution in [-0.2, 0) is 43.5 Å². The van der Waals surface area contributed by atoms with Gasteiger partial charge in [0.15, 0.2) is 22.0 Å². The molecule has 0 heterocycles. The second-order valence-electron chi connectivity index (χ2n) is 4.15. The van der Waals surface area contributed by atoms with Crippen molar-refractivity contribution in [3.8, 4) is 5.75 Å². The van der Waals surface area contributed by atoms with E-state index in [1.54, 1.807) is 12.1 Å². The van der Waals surface area contributed by atoms with Crippen molar-refractivity contribution in [2.24, 2.45) is 0 Å². The van der Waals surface area contributed by atoms with Gasteiger partial charge in [-0.2, -0.15) is 0 Å². The zero-order valence-electron chi connectivity index (χ0n) is 13.1. The Hall–Kier alpha value is 0.507. The summed E-state index contributed by atoms with van der Waals surface area (Å²) in [5.74, 6) is 0.177. The fourth-order valence-electron chi connectivity index (χ4n) is 1.51. The summed E-state index contributed by atoms with van der Waals surface area (Å²) in [5.41, 5.74) is 1.16. The van der Waals surface area contributed by atoms with Crippen molar-refractivity contribution in [2.45, 2.75) is 0 Å². The van der Waals surface area contributed by atoms with Gasteiger partial charge in [0.2, 0.25) is 0 Å². The van der Waals surface area contributed by atoms with Crippen LogP contribution in [0.3, 0.4) is 0 Å². The topological polar surface area (TPSA) is 116 Å². The van der Waals surface area contributed by atoms with E-state index < -0.39 is 7.82 Å². The third-order valence-electron chi connectivity index (χ3n) is 2.40. The van der Waals surface area contributed by atoms with E-state index in [0.29, 0.717) is 15.8 Å². The number of halogens is 3. The van der Waals surface area contributed by atoms with Crippen LogP contribution < -0.4 is 9.15 Å². The molecular weight excluding hydrogens is 668 g/mol. The molecule has 2 rings (SSSR count). The Bertz CT molecular complexity index is 755. The maximum Gasteiger partial charge on any atom is 0.466 e. The minimum atomic E-state index is -4.64. The summed E-state index contributed by atoms with van der Waals surface area (Å²) in [6.45, 7) is 0. The largest absolute Gasteiger partial charge is 0.466 e. The van der Waals surface area contributed by atoms with Gasteiger partial charge in [-0.05, 0) is 56.1 Å². The number of benzene rings is 2. The number of carbonyl (C=O) groups excluding carboxylic acids is 1. The van der Waals surface area contributed by atoms with Gasteiger partial charge < -0.3 is 23.8 Å². The fourth-order valence-corrected chi connectivity index (χ4v) is 2.80. The molecule has 7 nitrogen and oxygen atoms in total. The van der Waals surface area contributed by atoms with E-state index in [2.05, 4.69) is 53.4 Å². The van der Waals surface area contributed by atoms with E-state index in [1.165, 1.54) is 0 Å². The Balaban J connectivity index is 0. The number of rotatable bonds is 3. The molecule has 134 valence electrons. The van der Waals surface area contributed by atoms with Crippen LogP contribution in [0.1, 0.15) is 10.4 Å². The summed E-state index contributed by atoms with van der Waals surface area (Å²) in [7, 11) is -4.64. The molecule has 2 aromatic rings. The second kappa shape index (κ2) is 13.6. The molecule has 0 fully saturated rings. The quantitative estimate of drug-likeness (QED) is 0.286. The first kappa shape index (κ1) is 28.7. The van der Waals surface area contributed by atoms with Crippen LogP contribution in [0.15, 0.2) is 51.4 Å². The van der Waals surface area contributed by atoms with Crippen LogP contribution in [0.4, 0.5) is 5.69 Å². The van der Waals surface area contributed by atoms with Crippen molar-refractivity contribution in [3.05, 3.63) is 57.0 Å². The summed E-state index contributed by atoms with van der Waals surface area (Å²) >= 11 is 9.64. The summed E-state index contributed by atoms with van der Waals surface area (Å²) in [4.78, 5) is 33.8. The van der Waals surface area contributed by atoms with Gasteiger partial charge in [0.05, 0.1) is 10.0 Å². The van der Waals surface area contributed by atoms with Crippen molar-refractivity contribution in [1.82, 2.24) is 0 Å². The molecule has 0 bridgehead atoms. The summed E-state index contributed by atoms with van der Waals surface area (Å²) in [6.07, 6.45) is 0. The molecule has 0 atom stereocenters. The van der Waals surface area contributed by atoms with Gasteiger partial charge >= 0.3 is 7.82 Å². The van der Waals surface area contributed by atoms with Gasteiger partial charge in [0, 0.05) is 49.1 Å². The fraction of sp³-hybridized carbons (Fsp3) is 0. The third kappa shape index (κ3) is 10.7. The standard InChI is InChI=1S/C13H8Br3NO2.H3O4P.2Zn/c14-10-7-6-9(12(19-16)11(10)15)13(18)17-8-4-2-1-3-5-8;1-5(2,3)4;;/h1-7H,(H,17,18);(H3,1,2,3,4);;. The molecule has 0 spiro atoms. The molecule has 0 saturated carbocycles. The predicted molar refractivity (Wildman–Crippen MR) is 100 cm³/mol. The van der Waals surface area contributed by atoms with E-state index in [4.69, 9.17) is 23.1 Å². The Labute approximate surface area is 200 Å². The Morgan fingerprint density at radius 2 is 1.50 bits per heavy atom. The van der Waals surface area contributed by atoms with Crippen LogP contribution in [0, 0.1) is 0 Å². The van der Waals surface area contributed by atoms with E-state index in [0.717, 1.165) is 10.2 Å². The number of amides is 1. The molecule has 0 aliphatic rings. The minimum absolute atomic E-state index is 0. The monoisotopic (exact) mass is 673 g/mol. The molecule has 0 aliphatic carbocycles. The number of carbonyl (C=O) groups is 1. The Morgan fingerprint density at radius 3 is 1.96 bits per heavy atom. The average molecular weight is 679 g/mol. The van der Waals surface area contributed by atoms with E-state index >= 15 is 0 Å². The van der Waals surface area contributed by atoms with Crippen LogP contribution in [0.5, 0.6) is 5.75 Å². The Kier molecular flexibility index (Phi) is 15.1. The summed E-state index contributed by atoms with van der Waals surface area (Å²) in [6, 6.07) is 12.7. The number of para-hydroxylation sites is 1. The zero-order valence-corrected chi connectivity index (χ0v) is 24.7. The summed E-state index contributed by atoms with van der Waals surface area (Å²) in [5, 5.41) is 2.80. The molecule has 1 amide bonds. The normalized spacial score (nSPS) is 9.62. The van der Waals surface area contributed by atoms with Crippen molar-refractivity contribution < 1.29 is 66.8 Å². The van der Waals surface area contributed by atoms with Crippen LogP contribution in [0.25, 0.3) is 0 Å². The maximum atomic E-state index is 12.2. The van der Waals surface area contributed by atoms with Crippen molar-refractivity contribution in [3.63, 3.8) is 0 Å². The van der Waals surface area contributed by atoms with E-state index in [1.807, 2.05) is 30.3 Å². The SMILES string of the molecule is O=C(Nc1ccccc1)c1ccc(Br)c(Br)c1OBr.O=P(O)(O)O.[Zn].[Zn]. The molecule has 0 saturated heterocycles.